The zero-order valence-corrected chi connectivity index (χ0v) is 24.1. The van der Waals surface area contributed by atoms with E-state index in [2.05, 4.69) is 54.2 Å². The molecule has 41 heavy (non-hydrogen) atoms. The SMILES string of the molecule is CN(C)c1cc(O)c2c3c1C[C@@H]1[C@@H]4CC[C@@H](N(C)C(=O)/C=C/c5ccoc5)[C@H](O2)[C@]34CCN1CCc1ccccc1. The summed E-state index contributed by atoms with van der Waals surface area (Å²) < 4.78 is 12.0. The van der Waals surface area contributed by atoms with E-state index in [-0.39, 0.29) is 29.2 Å². The van der Waals surface area contributed by atoms with Gasteiger partial charge in [0.15, 0.2) is 11.5 Å². The summed E-state index contributed by atoms with van der Waals surface area (Å²) in [5.74, 6) is 1.24. The molecule has 214 valence electrons. The zero-order chi connectivity index (χ0) is 28.3. The number of ether oxygens (including phenoxy) is 1. The quantitative estimate of drug-likeness (QED) is 0.421. The van der Waals surface area contributed by atoms with Gasteiger partial charge in [0.2, 0.25) is 5.91 Å². The van der Waals surface area contributed by atoms with Crippen LogP contribution in [0.4, 0.5) is 5.69 Å². The van der Waals surface area contributed by atoms with Crippen LogP contribution < -0.4 is 9.64 Å². The van der Waals surface area contributed by atoms with Gasteiger partial charge in [-0.3, -0.25) is 9.69 Å². The molecule has 2 bridgehead atoms. The lowest BCUT2D eigenvalue weighted by molar-refractivity contribution is -0.135. The van der Waals surface area contributed by atoms with E-state index in [1.807, 2.05) is 24.1 Å². The van der Waals surface area contributed by atoms with Gasteiger partial charge in [-0.05, 0) is 67.8 Å². The summed E-state index contributed by atoms with van der Waals surface area (Å²) in [6, 6.07) is 14.8. The molecule has 0 unspecified atom stereocenters. The first-order valence-electron chi connectivity index (χ1n) is 14.9. The molecule has 4 aliphatic rings. The number of anilines is 1. The molecule has 2 aliphatic carbocycles. The van der Waals surface area contributed by atoms with Crippen LogP contribution in [-0.4, -0.2) is 73.2 Å². The minimum atomic E-state index is -0.216. The van der Waals surface area contributed by atoms with Crippen molar-refractivity contribution in [3.63, 3.8) is 0 Å². The number of phenols is 1. The van der Waals surface area contributed by atoms with Crippen molar-refractivity contribution in [1.82, 2.24) is 9.80 Å². The molecule has 3 aromatic rings. The third kappa shape index (κ3) is 4.08. The number of rotatable bonds is 7. The minimum absolute atomic E-state index is 0.0447. The smallest absolute Gasteiger partial charge is 0.246 e. The van der Waals surface area contributed by atoms with E-state index in [4.69, 9.17) is 9.15 Å². The molecule has 1 aromatic heterocycles. The van der Waals surface area contributed by atoms with Crippen molar-refractivity contribution < 1.29 is 19.1 Å². The van der Waals surface area contributed by atoms with Crippen LogP contribution in [-0.2, 0) is 23.1 Å². The average Bonchev–Trinajstić information content (AvgIpc) is 3.62. The van der Waals surface area contributed by atoms with Crippen LogP contribution in [0.2, 0.25) is 0 Å². The Morgan fingerprint density at radius 1 is 1.17 bits per heavy atom. The first-order chi connectivity index (χ1) is 19.9. The fourth-order valence-electron chi connectivity index (χ4n) is 8.47. The number of hydrogen-bond donors (Lipinski definition) is 1. The Bertz CT molecular complexity index is 1470. The second kappa shape index (κ2) is 9.98. The van der Waals surface area contributed by atoms with Gasteiger partial charge < -0.3 is 24.1 Å². The molecule has 3 heterocycles. The van der Waals surface area contributed by atoms with Crippen LogP contribution in [0, 0.1) is 5.92 Å². The Morgan fingerprint density at radius 2 is 2.00 bits per heavy atom. The maximum Gasteiger partial charge on any atom is 0.246 e. The average molecular weight is 554 g/mol. The lowest BCUT2D eigenvalue weighted by Crippen LogP contribution is -2.69. The van der Waals surface area contributed by atoms with Crippen molar-refractivity contribution >= 4 is 17.7 Å². The topological polar surface area (TPSA) is 69.4 Å². The Hall–Kier alpha value is -3.71. The molecule has 5 atom stereocenters. The molecule has 1 spiro atoms. The number of phenolic OH excluding ortho intramolecular Hbond substituents is 1. The Kier molecular flexibility index (Phi) is 6.38. The summed E-state index contributed by atoms with van der Waals surface area (Å²) in [6.45, 7) is 2.02. The molecular weight excluding hydrogens is 514 g/mol. The predicted molar refractivity (Wildman–Crippen MR) is 159 cm³/mol. The van der Waals surface area contributed by atoms with Crippen molar-refractivity contribution in [2.24, 2.45) is 5.92 Å². The summed E-state index contributed by atoms with van der Waals surface area (Å²) >= 11 is 0. The number of aromatic hydroxyl groups is 1. The molecule has 1 amide bonds. The van der Waals surface area contributed by atoms with Gasteiger partial charge in [-0.25, -0.2) is 0 Å². The van der Waals surface area contributed by atoms with E-state index >= 15 is 0 Å². The highest BCUT2D eigenvalue weighted by Gasteiger charge is 2.66. The fraction of sp³-hybridized carbons (Fsp3) is 0.441. The number of amides is 1. The highest BCUT2D eigenvalue weighted by Crippen LogP contribution is 2.65. The number of furan rings is 1. The summed E-state index contributed by atoms with van der Waals surface area (Å²) in [5, 5.41) is 11.3. The van der Waals surface area contributed by atoms with Crippen LogP contribution in [0.3, 0.4) is 0 Å². The van der Waals surface area contributed by atoms with Crippen molar-refractivity contribution in [2.75, 3.05) is 39.1 Å². The number of piperidine rings is 1. The van der Waals surface area contributed by atoms with Crippen molar-refractivity contribution in [2.45, 2.75) is 55.7 Å². The second-order valence-corrected chi connectivity index (χ2v) is 12.5. The molecule has 2 aromatic carbocycles. The standard InChI is InChI=1S/C34H39N3O4/c1-35(2)27-20-29(38)32-31-24(27)19-28-25-10-11-26(36(3)30(39)12-9-23-14-18-40-21-23)33(41-32)34(25,31)15-17-37(28)16-13-22-7-5-4-6-8-22/h4-9,12,14,18,20-21,25-26,28,33,38H,10-11,13,15-17,19H2,1-3H3/b12-9+/t25-,26+,28+,33-,34-/m0/s1. The molecule has 7 heteroatoms. The van der Waals surface area contributed by atoms with E-state index in [0.717, 1.165) is 56.4 Å². The lowest BCUT2D eigenvalue weighted by atomic mass is 9.50. The fourth-order valence-corrected chi connectivity index (χ4v) is 8.47. The van der Waals surface area contributed by atoms with Crippen molar-refractivity contribution in [3.05, 3.63) is 83.3 Å². The summed E-state index contributed by atoms with van der Waals surface area (Å²) in [6.07, 6.45) is 11.3. The number of likely N-dealkylation sites (tertiary alicyclic amines) is 1. The number of carbonyl (C=O) groups excluding carboxylic acids is 1. The molecule has 2 fully saturated rings. The zero-order valence-electron chi connectivity index (χ0n) is 24.1. The van der Waals surface area contributed by atoms with E-state index < -0.39 is 0 Å². The molecule has 7 rings (SSSR count). The predicted octanol–water partition coefficient (Wildman–Crippen LogP) is 4.87. The van der Waals surface area contributed by atoms with Crippen molar-refractivity contribution in [1.29, 1.82) is 0 Å². The van der Waals surface area contributed by atoms with Gasteiger partial charge in [0.05, 0.1) is 18.6 Å². The van der Waals surface area contributed by atoms with Crippen LogP contribution in [0.15, 0.2) is 65.5 Å². The molecule has 0 radical (unpaired) electrons. The van der Waals surface area contributed by atoms with E-state index in [0.29, 0.717) is 17.7 Å². The first kappa shape index (κ1) is 26.2. The Morgan fingerprint density at radius 3 is 2.76 bits per heavy atom. The second-order valence-electron chi connectivity index (χ2n) is 12.5. The van der Waals surface area contributed by atoms with E-state index in [1.54, 1.807) is 24.7 Å². The van der Waals surface area contributed by atoms with Gasteiger partial charge in [0.25, 0.3) is 0 Å². The number of carbonyl (C=O) groups is 1. The normalized spacial score (nSPS) is 27.9. The van der Waals surface area contributed by atoms with Crippen LogP contribution in [0.5, 0.6) is 11.5 Å². The monoisotopic (exact) mass is 553 g/mol. The molecule has 7 nitrogen and oxygen atoms in total. The van der Waals surface area contributed by atoms with E-state index in [1.165, 1.54) is 16.7 Å². The number of hydrogen-bond acceptors (Lipinski definition) is 6. The van der Waals surface area contributed by atoms with Gasteiger partial charge in [0, 0.05) is 68.1 Å². The van der Waals surface area contributed by atoms with Crippen LogP contribution >= 0.6 is 0 Å². The summed E-state index contributed by atoms with van der Waals surface area (Å²) in [5.41, 5.74) is 5.63. The highest BCUT2D eigenvalue weighted by atomic mass is 16.5. The number of likely N-dealkylation sites (N-methyl/N-ethyl adjacent to an activating group) is 1. The van der Waals surface area contributed by atoms with Gasteiger partial charge >= 0.3 is 0 Å². The largest absolute Gasteiger partial charge is 0.504 e. The Balaban J connectivity index is 1.25. The van der Waals surface area contributed by atoms with Gasteiger partial charge in [0.1, 0.15) is 6.10 Å². The number of benzene rings is 2. The molecule has 2 aliphatic heterocycles. The summed E-state index contributed by atoms with van der Waals surface area (Å²) in [4.78, 5) is 20.1. The van der Waals surface area contributed by atoms with Gasteiger partial charge in [-0.2, -0.15) is 0 Å². The van der Waals surface area contributed by atoms with Gasteiger partial charge in [-0.15, -0.1) is 0 Å². The van der Waals surface area contributed by atoms with Crippen molar-refractivity contribution in [3.8, 4) is 11.5 Å². The third-order valence-corrected chi connectivity index (χ3v) is 10.3. The maximum atomic E-state index is 13.4. The minimum Gasteiger partial charge on any atom is -0.504 e. The maximum absolute atomic E-state index is 13.4. The summed E-state index contributed by atoms with van der Waals surface area (Å²) in [7, 11) is 6.01. The van der Waals surface area contributed by atoms with Gasteiger partial charge in [-0.1, -0.05) is 30.3 Å². The first-order valence-corrected chi connectivity index (χ1v) is 14.9. The lowest BCUT2D eigenvalue weighted by Gasteiger charge is -2.60. The molecular formula is C34H39N3O4. The highest BCUT2D eigenvalue weighted by molar-refractivity contribution is 5.92. The molecule has 1 saturated heterocycles. The molecule has 1 saturated carbocycles. The molecule has 1 N–H and O–H groups in total. The van der Waals surface area contributed by atoms with Crippen LogP contribution in [0.25, 0.3) is 6.08 Å². The third-order valence-electron chi connectivity index (χ3n) is 10.3. The Labute approximate surface area is 242 Å². The van der Waals surface area contributed by atoms with E-state index in [9.17, 15) is 9.90 Å². The number of nitrogens with zero attached hydrogens (tertiary/aromatic N) is 3. The van der Waals surface area contributed by atoms with Crippen LogP contribution in [0.1, 0.15) is 41.5 Å².